The molecule has 792 valence electrons. The first-order valence-corrected chi connectivity index (χ1v) is 49.2. The molecule has 147 heavy (non-hydrogen) atoms. The van der Waals surface area contributed by atoms with Crippen molar-refractivity contribution in [3.63, 3.8) is 0 Å². The Balaban J connectivity index is 1.25. The van der Waals surface area contributed by atoms with Gasteiger partial charge in [0.25, 0.3) is 0 Å². The van der Waals surface area contributed by atoms with Gasteiger partial charge >= 0.3 is 5.97 Å². The molecule has 16 amide bonds. The average Bonchev–Trinajstić information content (AvgIpc) is 1.69. The van der Waals surface area contributed by atoms with Crippen LogP contribution in [0.5, 0.6) is 5.75 Å². The second kappa shape index (κ2) is 56.6. The van der Waals surface area contributed by atoms with Crippen molar-refractivity contribution in [1.29, 1.82) is 10.8 Å². The number of aromatic amines is 1. The fourth-order valence-corrected chi connectivity index (χ4v) is 16.8. The van der Waals surface area contributed by atoms with Crippen molar-refractivity contribution in [3.8, 4) is 16.9 Å². The van der Waals surface area contributed by atoms with Gasteiger partial charge in [-0.05, 0) is 134 Å². The molecule has 16 atom stereocenters. The molecule has 43 nitrogen and oxygen atoms in total. The third kappa shape index (κ3) is 36.9. The third-order valence-corrected chi connectivity index (χ3v) is 25.3. The second-order valence-electron chi connectivity index (χ2n) is 37.2. The van der Waals surface area contributed by atoms with Crippen LogP contribution in [-0.4, -0.2) is 266 Å². The lowest BCUT2D eigenvalue weighted by atomic mass is 9.98. The van der Waals surface area contributed by atoms with Crippen LogP contribution in [0.25, 0.3) is 22.0 Å². The quantitative estimate of drug-likeness (QED) is 0.0166. The van der Waals surface area contributed by atoms with Crippen LogP contribution in [0.2, 0.25) is 0 Å². The number of carbonyl (C=O) groups is 17. The highest BCUT2D eigenvalue weighted by Gasteiger charge is 2.42. The van der Waals surface area contributed by atoms with Crippen LogP contribution in [0.3, 0.4) is 0 Å². The van der Waals surface area contributed by atoms with Gasteiger partial charge in [-0.3, -0.25) is 92.3 Å². The number of carboxylic acid groups (broad SMARTS) is 1. The lowest BCUT2D eigenvalue weighted by molar-refractivity contribution is -0.142. The van der Waals surface area contributed by atoms with E-state index in [-0.39, 0.29) is 74.9 Å². The summed E-state index contributed by atoms with van der Waals surface area (Å²) in [5.74, 6) is -25.9. The molecule has 1 aromatic heterocycles. The van der Waals surface area contributed by atoms with Crippen molar-refractivity contribution < 1.29 is 106 Å². The Morgan fingerprint density at radius 3 is 1.42 bits per heavy atom. The number of thioether (sulfide) groups is 1. The Bertz CT molecular complexity index is 5810. The number of hydrogen-bond donors (Lipinski definition) is 25. The smallest absolute Gasteiger partial charge is 0.305 e. The normalized spacial score (nSPS) is 22.5. The summed E-state index contributed by atoms with van der Waals surface area (Å²) in [7, 11) is 1.17. The number of phenolic OH excluding ortho intramolecular Hbond substituents is 1. The molecule has 0 unspecified atom stereocenters. The van der Waals surface area contributed by atoms with E-state index in [1.807, 2.05) is 30.3 Å². The van der Waals surface area contributed by atoms with Gasteiger partial charge in [0.05, 0.1) is 18.3 Å². The summed E-state index contributed by atoms with van der Waals surface area (Å²) in [5, 5.41) is 89.8. The van der Waals surface area contributed by atoms with Crippen LogP contribution in [0.1, 0.15) is 129 Å². The van der Waals surface area contributed by atoms with E-state index < -0.39 is 276 Å². The van der Waals surface area contributed by atoms with Gasteiger partial charge in [0, 0.05) is 81.2 Å². The van der Waals surface area contributed by atoms with Crippen molar-refractivity contribution in [2.45, 2.75) is 230 Å². The maximum atomic E-state index is 16.0. The number of likely N-dealkylation sites (N-methyl/N-ethyl adjacent to an activating group) is 1. The number of nitrogens with one attached hydrogen (secondary N) is 19. The Kier molecular flexibility index (Phi) is 44.9. The summed E-state index contributed by atoms with van der Waals surface area (Å²) >= 11 is 0.684. The van der Waals surface area contributed by atoms with Crippen LogP contribution in [0.4, 0.5) is 8.78 Å². The zero-order chi connectivity index (χ0) is 108. The molecule has 8 rings (SSSR count). The number of benzene rings is 6. The lowest BCUT2D eigenvalue weighted by Crippen LogP contribution is -2.63. The van der Waals surface area contributed by atoms with Gasteiger partial charge in [-0.15, -0.1) is 11.8 Å². The average molecular weight is 2060 g/mol. The van der Waals surface area contributed by atoms with Gasteiger partial charge in [-0.2, -0.15) is 0 Å². The fraction of sp³-hybridized carbons (Fsp3) is 0.436. The first-order valence-electron chi connectivity index (χ1n) is 48.0. The molecule has 2 heterocycles. The van der Waals surface area contributed by atoms with Gasteiger partial charge in [-0.25, -0.2) is 8.78 Å². The number of nitrogens with zero attached hydrogens (tertiary/aromatic N) is 1. The van der Waals surface area contributed by atoms with E-state index >= 15 is 52.3 Å². The topological polar surface area (TPSA) is 688 Å². The Morgan fingerprint density at radius 1 is 0.469 bits per heavy atom. The number of aromatic nitrogens is 1. The number of para-hydroxylation sites is 1. The molecule has 0 bridgehead atoms. The van der Waals surface area contributed by atoms with Gasteiger partial charge in [-0.1, -0.05) is 163 Å². The van der Waals surface area contributed by atoms with Crippen LogP contribution >= 0.6 is 11.8 Å². The van der Waals surface area contributed by atoms with Gasteiger partial charge in [0.1, 0.15) is 108 Å². The van der Waals surface area contributed by atoms with Gasteiger partial charge in [0.15, 0.2) is 11.9 Å². The van der Waals surface area contributed by atoms with E-state index in [0.717, 1.165) is 35.1 Å². The number of aromatic hydroxyl groups is 1. The van der Waals surface area contributed by atoms with Crippen molar-refractivity contribution in [2.24, 2.45) is 35.0 Å². The second-order valence-corrected chi connectivity index (χ2v) is 38.2. The number of carboxylic acids is 1. The van der Waals surface area contributed by atoms with E-state index in [9.17, 15) is 53.3 Å². The SMILES string of the molecule is CC(C)C[C@@H]1NC(=O)[C@H](CCCNC(=N)N)NC(=O)[C@@H](Cc2ccc(F)cc2F)NC(=O)[C@H](C)N(C)C(=O)[C@H](CCCNC(=N)N)NC(=O)[C@H](Cc2ccc(-c3ccccc3)cc2)NC(=O)[C@H](C(C)C)NC(=O)[C@H](Cc2c[nH]c3ccccc23)NC(=O)[C@H](CC(=O)O)NC(=O)[C@H](Cc2ccc(O)cc2)NC(=O)[C@H](Cc2ccccc2)NC(=O)CSC[C@@H](C(=O)N[C@@H](C)C(N)=O)NC(=O)[C@H]([C@@H](C)O)NC(=O)[C@H](C(C)C)NC1=O. The van der Waals surface area contributed by atoms with Gasteiger partial charge in [0.2, 0.25) is 94.5 Å². The molecule has 1 aliphatic heterocycles. The summed E-state index contributed by atoms with van der Waals surface area (Å²) in [6.45, 7) is 12.8. The molecule has 6 aromatic carbocycles. The summed E-state index contributed by atoms with van der Waals surface area (Å²) in [6, 6.07) is 12.8. The zero-order valence-electron chi connectivity index (χ0n) is 83.2. The highest BCUT2D eigenvalue weighted by Crippen LogP contribution is 2.25. The molecular weight excluding hydrogens is 1930 g/mol. The highest BCUT2D eigenvalue weighted by atomic mass is 32.2. The Morgan fingerprint density at radius 2 is 0.891 bits per heavy atom. The van der Waals surface area contributed by atoms with Crippen LogP contribution in [0, 0.1) is 40.2 Å². The van der Waals surface area contributed by atoms with E-state index in [1.165, 1.54) is 79.1 Å². The van der Waals surface area contributed by atoms with Crippen molar-refractivity contribution in [1.82, 2.24) is 95.0 Å². The predicted molar refractivity (Wildman–Crippen MR) is 542 cm³/mol. The lowest BCUT2D eigenvalue weighted by Gasteiger charge is -2.32. The molecule has 7 aromatic rings. The minimum absolute atomic E-state index is 0.0366. The number of aliphatic hydroxyl groups is 1. The molecule has 1 saturated heterocycles. The third-order valence-electron chi connectivity index (χ3n) is 24.3. The number of fused-ring (bicyclic) bond motifs is 1. The molecule has 0 radical (unpaired) electrons. The zero-order valence-corrected chi connectivity index (χ0v) is 84.0. The summed E-state index contributed by atoms with van der Waals surface area (Å²) in [5.41, 5.74) is 20.1. The van der Waals surface area contributed by atoms with Crippen LogP contribution in [0.15, 0.2) is 158 Å². The standard InChI is InChI=1S/C101H133F2N23O20S/c1-52(2)41-72-93(140)124-83(54(5)6)97(144)125-84(57(9)127)98(145)122-79(95(142)112-55(7)85(104)132)50-147-51-80(129)113-73(42-58-21-13-11-14-22-58)88(135)118-74(44-60-31-37-66(128)38-32-60)90(137)120-78(48-81(130)131)92(139)119-77(46-64-49-111-69-26-18-17-25-67(64)69)94(141)123-82(53(3)4)96(143)121-75(43-59-29-33-62(34-30-59)61-23-15-12-16-24-61)89(136)115-71(28-20-40-110-101(107)108)99(146)126(10)56(8)86(133)116-76(45-63-35-36-65(102)47-68(63)103)91(138)114-70(87(134)117-72)27-19-39-109-100(105)106/h11-18,21-26,29-38,47,49,52-57,70-79,82-84,111,127-128H,19-20,27-28,39-46,48,50-51H2,1-10H3,(H2,104,132)(H,112,142)(H,113,129)(H,114,138)(H,115,136)(H,116,133)(H,117,134)(H,118,135)(H,119,139)(H,120,137)(H,121,143)(H,122,145)(H,123,141)(H,124,140)(H,125,144)(H,130,131)(H4,105,106,109)(H4,107,108,110)/t55-,56-,57+,70-,71-,72-,73-,74-,75-,76+,77-,78-,79-,82-,83-,84-/m0/s1. The number of H-pyrrole nitrogens is 1. The maximum Gasteiger partial charge on any atom is 0.305 e. The van der Waals surface area contributed by atoms with Crippen molar-refractivity contribution in [3.05, 3.63) is 197 Å². The molecule has 0 saturated carbocycles. The number of primary amides is 1. The number of nitrogens with two attached hydrogens (primary N) is 3. The molecular formula is C101H133F2N23O20S. The predicted octanol–water partition coefficient (Wildman–Crippen LogP) is -0.0418. The summed E-state index contributed by atoms with van der Waals surface area (Å²) < 4.78 is 30.7. The van der Waals surface area contributed by atoms with Crippen LogP contribution < -0.4 is 102 Å². The van der Waals surface area contributed by atoms with Crippen LogP contribution in [-0.2, 0) is 114 Å². The number of hydrogen-bond acceptors (Lipinski definition) is 22. The number of aliphatic carboxylic acids is 1. The Hall–Kier alpha value is -15.6. The van der Waals surface area contributed by atoms with E-state index in [2.05, 4.69) is 90.1 Å². The van der Waals surface area contributed by atoms with E-state index in [0.29, 0.717) is 45.4 Å². The van der Waals surface area contributed by atoms with Crippen molar-refractivity contribution >= 4 is 135 Å². The highest BCUT2D eigenvalue weighted by molar-refractivity contribution is 8.00. The first-order chi connectivity index (χ1) is 69.6. The number of rotatable bonds is 29. The molecule has 1 fully saturated rings. The molecule has 28 N–H and O–H groups in total. The molecule has 46 heteroatoms. The molecule has 1 aliphatic rings. The van der Waals surface area contributed by atoms with E-state index in [1.54, 1.807) is 92.7 Å². The minimum Gasteiger partial charge on any atom is -0.508 e. The van der Waals surface area contributed by atoms with E-state index in [4.69, 9.17) is 28.0 Å². The molecule has 0 spiro atoms. The maximum absolute atomic E-state index is 16.0. The molecule has 0 aliphatic carbocycles. The minimum atomic E-state index is -2.11. The number of guanidine groups is 2. The monoisotopic (exact) mass is 2060 g/mol. The summed E-state index contributed by atoms with van der Waals surface area (Å²) in [6.07, 6.45) is -4.62. The largest absolute Gasteiger partial charge is 0.508 e. The number of phenols is 1. The Labute approximate surface area is 852 Å². The number of aliphatic hydroxyl groups excluding tert-OH is 1. The number of amides is 16. The fourth-order valence-electron chi connectivity index (χ4n) is 15.9. The van der Waals surface area contributed by atoms with Gasteiger partial charge < -0.3 is 127 Å². The first kappa shape index (κ1) is 117. The number of carbonyl (C=O) groups excluding carboxylic acids is 16. The number of halogens is 2. The van der Waals surface area contributed by atoms with Crippen molar-refractivity contribution in [2.75, 3.05) is 31.6 Å². The summed E-state index contributed by atoms with van der Waals surface area (Å²) in [4.78, 5) is 255.